The molecule has 0 bridgehead atoms. The van der Waals surface area contributed by atoms with E-state index in [0.29, 0.717) is 11.5 Å². The summed E-state index contributed by atoms with van der Waals surface area (Å²) in [7, 11) is 1.68. The number of ether oxygens (including phenoxy) is 3. The molecular formula is C15H22N2O4. The van der Waals surface area contributed by atoms with Crippen molar-refractivity contribution in [3.8, 4) is 11.5 Å². The second-order valence-corrected chi connectivity index (χ2v) is 5.96. The minimum absolute atomic E-state index is 0.216. The predicted molar refractivity (Wildman–Crippen MR) is 78.4 cm³/mol. The van der Waals surface area contributed by atoms with Crippen LogP contribution in [0.25, 0.3) is 0 Å². The number of fused-ring (bicyclic) bond motifs is 1. The SMILES string of the molecule is CN(C(=O)OC(C)(C)C)C(CN)c1ccc2c(c1)OCO2. The van der Waals surface area contributed by atoms with Crippen molar-refractivity contribution in [2.75, 3.05) is 20.4 Å². The van der Waals surface area contributed by atoms with Gasteiger partial charge in [0.25, 0.3) is 0 Å². The second-order valence-electron chi connectivity index (χ2n) is 5.96. The van der Waals surface area contributed by atoms with Crippen LogP contribution in [0.1, 0.15) is 32.4 Å². The van der Waals surface area contributed by atoms with Crippen molar-refractivity contribution in [2.45, 2.75) is 32.4 Å². The minimum Gasteiger partial charge on any atom is -0.454 e. The number of amides is 1. The zero-order valence-corrected chi connectivity index (χ0v) is 12.9. The Balaban J connectivity index is 2.17. The summed E-state index contributed by atoms with van der Waals surface area (Å²) in [5.41, 5.74) is 6.17. The number of nitrogens with zero attached hydrogens (tertiary/aromatic N) is 1. The Kier molecular flexibility index (Phi) is 4.27. The van der Waals surface area contributed by atoms with Crippen molar-refractivity contribution < 1.29 is 19.0 Å². The Morgan fingerprint density at radius 2 is 2.05 bits per heavy atom. The van der Waals surface area contributed by atoms with Crippen LogP contribution in [0.2, 0.25) is 0 Å². The number of hydrogen-bond donors (Lipinski definition) is 1. The smallest absolute Gasteiger partial charge is 0.410 e. The predicted octanol–water partition coefficient (Wildman–Crippen LogP) is 2.28. The lowest BCUT2D eigenvalue weighted by Crippen LogP contribution is -2.39. The summed E-state index contributed by atoms with van der Waals surface area (Å²) in [6.07, 6.45) is -0.407. The molecule has 0 saturated heterocycles. The van der Waals surface area contributed by atoms with Gasteiger partial charge in [0, 0.05) is 13.6 Å². The van der Waals surface area contributed by atoms with Gasteiger partial charge in [-0.15, -0.1) is 0 Å². The number of hydrogen-bond acceptors (Lipinski definition) is 5. The normalized spacial score (nSPS) is 14.7. The highest BCUT2D eigenvalue weighted by atomic mass is 16.7. The third kappa shape index (κ3) is 3.58. The highest BCUT2D eigenvalue weighted by Crippen LogP contribution is 2.35. The number of nitrogens with two attached hydrogens (primary N) is 1. The zero-order chi connectivity index (χ0) is 15.6. The van der Waals surface area contributed by atoms with Gasteiger partial charge in [-0.3, -0.25) is 0 Å². The van der Waals surface area contributed by atoms with E-state index in [1.807, 2.05) is 39.0 Å². The highest BCUT2D eigenvalue weighted by molar-refractivity contribution is 5.68. The van der Waals surface area contributed by atoms with Gasteiger partial charge in [0.2, 0.25) is 6.79 Å². The zero-order valence-electron chi connectivity index (χ0n) is 12.9. The van der Waals surface area contributed by atoms with Gasteiger partial charge in [-0.05, 0) is 38.5 Å². The molecule has 6 heteroatoms. The summed E-state index contributed by atoms with van der Waals surface area (Å²) in [5.74, 6) is 1.37. The molecule has 0 fully saturated rings. The monoisotopic (exact) mass is 294 g/mol. The largest absolute Gasteiger partial charge is 0.454 e. The lowest BCUT2D eigenvalue weighted by Gasteiger charge is -2.30. The van der Waals surface area contributed by atoms with Crippen LogP contribution in [0.5, 0.6) is 11.5 Å². The van der Waals surface area contributed by atoms with E-state index >= 15 is 0 Å². The molecule has 0 radical (unpaired) electrons. The summed E-state index contributed by atoms with van der Waals surface area (Å²) in [6.45, 7) is 5.99. The summed E-state index contributed by atoms with van der Waals surface area (Å²) in [5, 5.41) is 0. The lowest BCUT2D eigenvalue weighted by atomic mass is 10.1. The van der Waals surface area contributed by atoms with Crippen LogP contribution in [-0.2, 0) is 4.74 Å². The van der Waals surface area contributed by atoms with Crippen LogP contribution in [0.3, 0.4) is 0 Å². The molecule has 0 spiro atoms. The molecular weight excluding hydrogens is 272 g/mol. The number of rotatable bonds is 3. The summed E-state index contributed by atoms with van der Waals surface area (Å²) in [4.78, 5) is 13.7. The van der Waals surface area contributed by atoms with E-state index in [2.05, 4.69) is 0 Å². The molecule has 2 rings (SSSR count). The number of benzene rings is 1. The summed E-state index contributed by atoms with van der Waals surface area (Å²) < 4.78 is 16.0. The van der Waals surface area contributed by atoms with E-state index in [4.69, 9.17) is 19.9 Å². The van der Waals surface area contributed by atoms with Crippen molar-refractivity contribution in [3.05, 3.63) is 23.8 Å². The maximum atomic E-state index is 12.2. The average molecular weight is 294 g/mol. The molecule has 0 saturated carbocycles. The maximum absolute atomic E-state index is 12.2. The summed E-state index contributed by atoms with van der Waals surface area (Å²) >= 11 is 0. The number of carbonyl (C=O) groups is 1. The first-order valence-electron chi connectivity index (χ1n) is 6.87. The van der Waals surface area contributed by atoms with Gasteiger partial charge in [-0.1, -0.05) is 6.07 Å². The Morgan fingerprint density at radius 1 is 1.38 bits per heavy atom. The molecule has 116 valence electrons. The first-order chi connectivity index (χ1) is 9.81. The first kappa shape index (κ1) is 15.4. The van der Waals surface area contributed by atoms with E-state index in [-0.39, 0.29) is 19.4 Å². The standard InChI is InChI=1S/C15H22N2O4/c1-15(2,3)21-14(18)17(4)11(8-16)10-5-6-12-13(7-10)20-9-19-12/h5-7,11H,8-9,16H2,1-4H3. The molecule has 1 aromatic rings. The Morgan fingerprint density at radius 3 is 2.67 bits per heavy atom. The molecule has 1 amide bonds. The molecule has 1 aliphatic heterocycles. The van der Waals surface area contributed by atoms with Crippen LogP contribution in [0.15, 0.2) is 18.2 Å². The molecule has 1 unspecified atom stereocenters. The third-order valence-corrected chi connectivity index (χ3v) is 3.15. The fraction of sp³-hybridized carbons (Fsp3) is 0.533. The Labute approximate surface area is 124 Å². The van der Waals surface area contributed by atoms with Crippen LogP contribution in [-0.4, -0.2) is 37.0 Å². The number of carbonyl (C=O) groups excluding carboxylic acids is 1. The van der Waals surface area contributed by atoms with E-state index in [9.17, 15) is 4.79 Å². The number of likely N-dealkylation sites (N-methyl/N-ethyl adjacent to an activating group) is 1. The van der Waals surface area contributed by atoms with Gasteiger partial charge in [-0.25, -0.2) is 4.79 Å². The molecule has 1 heterocycles. The Hall–Kier alpha value is -1.95. The van der Waals surface area contributed by atoms with Gasteiger partial charge in [0.1, 0.15) is 5.60 Å². The van der Waals surface area contributed by atoms with Gasteiger partial charge in [0.05, 0.1) is 6.04 Å². The molecule has 1 aromatic carbocycles. The molecule has 6 nitrogen and oxygen atoms in total. The molecule has 0 aromatic heterocycles. The summed E-state index contributed by atoms with van der Waals surface area (Å²) in [6, 6.07) is 5.27. The van der Waals surface area contributed by atoms with E-state index < -0.39 is 11.7 Å². The molecule has 1 atom stereocenters. The van der Waals surface area contributed by atoms with Crippen LogP contribution in [0.4, 0.5) is 4.79 Å². The second kappa shape index (κ2) is 5.81. The molecule has 1 aliphatic rings. The topological polar surface area (TPSA) is 74.0 Å². The van der Waals surface area contributed by atoms with Gasteiger partial charge in [-0.2, -0.15) is 0 Å². The van der Waals surface area contributed by atoms with Crippen molar-refractivity contribution in [3.63, 3.8) is 0 Å². The van der Waals surface area contributed by atoms with Gasteiger partial charge < -0.3 is 24.8 Å². The van der Waals surface area contributed by atoms with Crippen molar-refractivity contribution in [2.24, 2.45) is 5.73 Å². The fourth-order valence-electron chi connectivity index (χ4n) is 2.10. The average Bonchev–Trinajstić information content (AvgIpc) is 2.84. The molecule has 0 aliphatic carbocycles. The van der Waals surface area contributed by atoms with Crippen molar-refractivity contribution in [1.82, 2.24) is 4.90 Å². The Bertz CT molecular complexity index is 525. The van der Waals surface area contributed by atoms with Crippen LogP contribution >= 0.6 is 0 Å². The van der Waals surface area contributed by atoms with Crippen molar-refractivity contribution in [1.29, 1.82) is 0 Å². The van der Waals surface area contributed by atoms with E-state index in [1.54, 1.807) is 7.05 Å². The van der Waals surface area contributed by atoms with Crippen LogP contribution < -0.4 is 15.2 Å². The highest BCUT2D eigenvalue weighted by Gasteiger charge is 2.27. The fourth-order valence-corrected chi connectivity index (χ4v) is 2.10. The third-order valence-electron chi connectivity index (χ3n) is 3.15. The maximum Gasteiger partial charge on any atom is 0.410 e. The molecule has 21 heavy (non-hydrogen) atoms. The van der Waals surface area contributed by atoms with Crippen LogP contribution in [0, 0.1) is 0 Å². The van der Waals surface area contributed by atoms with Gasteiger partial charge in [0.15, 0.2) is 11.5 Å². The van der Waals surface area contributed by atoms with E-state index in [1.165, 1.54) is 4.90 Å². The lowest BCUT2D eigenvalue weighted by molar-refractivity contribution is 0.0225. The quantitative estimate of drug-likeness (QED) is 0.925. The minimum atomic E-state index is -0.542. The first-order valence-corrected chi connectivity index (χ1v) is 6.87. The molecule has 2 N–H and O–H groups in total. The van der Waals surface area contributed by atoms with E-state index in [0.717, 1.165) is 5.56 Å². The van der Waals surface area contributed by atoms with Crippen molar-refractivity contribution >= 4 is 6.09 Å². The van der Waals surface area contributed by atoms with Gasteiger partial charge >= 0.3 is 6.09 Å².